The number of rotatable bonds is 2. The van der Waals surface area contributed by atoms with Crippen LogP contribution in [0.2, 0.25) is 0 Å². The number of aromatic nitrogens is 2. The van der Waals surface area contributed by atoms with Crippen LogP contribution in [0.15, 0.2) is 16.9 Å². The van der Waals surface area contributed by atoms with Crippen LogP contribution in [0, 0.1) is 0 Å². The maximum absolute atomic E-state index is 10.6. The molecule has 0 unspecified atom stereocenters. The third-order valence-corrected chi connectivity index (χ3v) is 1.63. The van der Waals surface area contributed by atoms with Gasteiger partial charge >= 0.3 is 6.03 Å². The maximum Gasteiger partial charge on any atom is 0.333 e. The summed E-state index contributed by atoms with van der Waals surface area (Å²) in [6.45, 7) is 0. The van der Waals surface area contributed by atoms with Gasteiger partial charge in [0.1, 0.15) is 0 Å². The van der Waals surface area contributed by atoms with Crippen molar-refractivity contribution in [1.82, 2.24) is 15.0 Å². The smallest absolute Gasteiger partial charge is 0.333 e. The van der Waals surface area contributed by atoms with Gasteiger partial charge in [0.2, 0.25) is 5.95 Å². The number of primary amides is 1. The van der Waals surface area contributed by atoms with Crippen LogP contribution in [0.1, 0.15) is 0 Å². The van der Waals surface area contributed by atoms with Gasteiger partial charge in [0, 0.05) is 19.4 Å². The Bertz CT molecular complexity index is 300. The van der Waals surface area contributed by atoms with Gasteiger partial charge in [-0.25, -0.2) is 19.8 Å². The van der Waals surface area contributed by atoms with Crippen molar-refractivity contribution in [1.29, 1.82) is 0 Å². The molecule has 1 aromatic rings. The third kappa shape index (κ3) is 2.86. The van der Waals surface area contributed by atoms with Gasteiger partial charge in [0.15, 0.2) is 0 Å². The molecule has 2 amide bonds. The maximum atomic E-state index is 10.6. The molecule has 6 nitrogen and oxygen atoms in total. The summed E-state index contributed by atoms with van der Waals surface area (Å²) in [6.07, 6.45) is 3.12. The first-order valence-corrected chi connectivity index (χ1v) is 4.16. The number of nitrogens with zero attached hydrogens (tertiary/aromatic N) is 3. The molecule has 13 heavy (non-hydrogen) atoms. The Morgan fingerprint density at radius 2 is 2.15 bits per heavy atom. The Morgan fingerprint density at radius 3 is 2.62 bits per heavy atom. The lowest BCUT2D eigenvalue weighted by Crippen LogP contribution is -2.37. The van der Waals surface area contributed by atoms with Crippen LogP contribution < -0.4 is 11.2 Å². The molecule has 0 bridgehead atoms. The summed E-state index contributed by atoms with van der Waals surface area (Å²) in [6, 6.07) is -0.605. The van der Waals surface area contributed by atoms with Crippen LogP contribution in [0.3, 0.4) is 0 Å². The number of nitrogens with one attached hydrogen (secondary N) is 1. The van der Waals surface area contributed by atoms with Gasteiger partial charge in [-0.3, -0.25) is 5.43 Å². The van der Waals surface area contributed by atoms with Crippen molar-refractivity contribution < 1.29 is 4.79 Å². The largest absolute Gasteiger partial charge is 0.350 e. The van der Waals surface area contributed by atoms with Crippen molar-refractivity contribution in [2.24, 2.45) is 5.73 Å². The predicted octanol–water partition coefficient (Wildman–Crippen LogP) is 0.577. The highest BCUT2D eigenvalue weighted by molar-refractivity contribution is 9.10. The van der Waals surface area contributed by atoms with Gasteiger partial charge < -0.3 is 5.73 Å². The average Bonchev–Trinajstić information content (AvgIpc) is 2.08. The first-order chi connectivity index (χ1) is 6.09. The van der Waals surface area contributed by atoms with E-state index < -0.39 is 6.03 Å². The molecule has 3 N–H and O–H groups in total. The number of amides is 2. The second-order valence-corrected chi connectivity index (χ2v) is 3.15. The van der Waals surface area contributed by atoms with Crippen molar-refractivity contribution in [3.05, 3.63) is 16.9 Å². The third-order valence-electron chi connectivity index (χ3n) is 1.22. The number of hydrogen-bond acceptors (Lipinski definition) is 4. The molecule has 0 aliphatic carbocycles. The molecular formula is C6H8BrN5O. The number of urea groups is 1. The van der Waals surface area contributed by atoms with E-state index in [-0.39, 0.29) is 0 Å². The van der Waals surface area contributed by atoms with Crippen LogP contribution in [0.25, 0.3) is 0 Å². The van der Waals surface area contributed by atoms with E-state index in [1.54, 1.807) is 12.4 Å². The normalized spacial score (nSPS) is 9.38. The zero-order valence-electron chi connectivity index (χ0n) is 6.86. The highest BCUT2D eigenvalue weighted by Gasteiger charge is 2.03. The summed E-state index contributed by atoms with van der Waals surface area (Å²) in [7, 11) is 1.48. The lowest BCUT2D eigenvalue weighted by atomic mass is 10.7. The van der Waals surface area contributed by atoms with Gasteiger partial charge in [-0.15, -0.1) is 0 Å². The first kappa shape index (κ1) is 9.72. The van der Waals surface area contributed by atoms with Crippen molar-refractivity contribution >= 4 is 27.9 Å². The number of carbonyl (C=O) groups is 1. The van der Waals surface area contributed by atoms with Crippen LogP contribution in [-0.4, -0.2) is 28.1 Å². The zero-order valence-corrected chi connectivity index (χ0v) is 8.45. The number of hydrogen-bond donors (Lipinski definition) is 2. The minimum Gasteiger partial charge on any atom is -0.350 e. The van der Waals surface area contributed by atoms with Gasteiger partial charge in [0.25, 0.3) is 0 Å². The summed E-state index contributed by atoms with van der Waals surface area (Å²) < 4.78 is 0.764. The van der Waals surface area contributed by atoms with Crippen LogP contribution in [-0.2, 0) is 0 Å². The van der Waals surface area contributed by atoms with E-state index in [4.69, 9.17) is 5.73 Å². The molecule has 0 aromatic carbocycles. The number of carbonyl (C=O) groups excluding carboxylic acids is 1. The quantitative estimate of drug-likeness (QED) is 0.747. The fraction of sp³-hybridized carbons (Fsp3) is 0.167. The first-order valence-electron chi connectivity index (χ1n) is 3.37. The van der Waals surface area contributed by atoms with Gasteiger partial charge in [-0.05, 0) is 15.9 Å². The summed E-state index contributed by atoms with van der Waals surface area (Å²) in [5.41, 5.74) is 7.56. The van der Waals surface area contributed by atoms with Crippen molar-refractivity contribution in [2.75, 3.05) is 12.5 Å². The summed E-state index contributed by atoms with van der Waals surface area (Å²) in [5, 5.41) is 1.09. The summed E-state index contributed by atoms with van der Waals surface area (Å²) in [5.74, 6) is 0.310. The summed E-state index contributed by atoms with van der Waals surface area (Å²) >= 11 is 3.18. The van der Waals surface area contributed by atoms with Crippen molar-refractivity contribution in [3.8, 4) is 0 Å². The standard InChI is InChI=1S/C6H8BrN5O/c1-12(5(8)13)11-6-9-2-4(7)3-10-6/h2-3H,1H3,(H2,8,13)(H,9,10,11). The number of hydrazine groups is 1. The van der Waals surface area contributed by atoms with E-state index in [0.717, 1.165) is 9.48 Å². The molecule has 0 radical (unpaired) electrons. The topological polar surface area (TPSA) is 84.1 Å². The molecule has 0 fully saturated rings. The number of nitrogens with two attached hydrogens (primary N) is 1. The van der Waals surface area contributed by atoms with E-state index >= 15 is 0 Å². The monoisotopic (exact) mass is 245 g/mol. The lowest BCUT2D eigenvalue weighted by Gasteiger charge is -2.14. The molecular weight excluding hydrogens is 238 g/mol. The Kier molecular flexibility index (Phi) is 3.02. The highest BCUT2D eigenvalue weighted by Crippen LogP contribution is 2.06. The molecule has 0 aliphatic rings. The molecule has 1 heterocycles. The highest BCUT2D eigenvalue weighted by atomic mass is 79.9. The molecule has 0 saturated carbocycles. The van der Waals surface area contributed by atoms with E-state index in [1.807, 2.05) is 0 Å². The van der Waals surface area contributed by atoms with E-state index in [0.29, 0.717) is 5.95 Å². The van der Waals surface area contributed by atoms with Crippen LogP contribution in [0.4, 0.5) is 10.7 Å². The Balaban J connectivity index is 2.64. The number of halogens is 1. The fourth-order valence-electron chi connectivity index (χ4n) is 0.575. The molecule has 1 rings (SSSR count). The number of anilines is 1. The molecule has 0 aliphatic heterocycles. The minimum atomic E-state index is -0.605. The van der Waals surface area contributed by atoms with Crippen LogP contribution in [0.5, 0.6) is 0 Å². The molecule has 0 atom stereocenters. The van der Waals surface area contributed by atoms with E-state index in [1.165, 1.54) is 7.05 Å². The summed E-state index contributed by atoms with van der Waals surface area (Å²) in [4.78, 5) is 18.4. The fourth-order valence-corrected chi connectivity index (χ4v) is 0.780. The molecule has 0 saturated heterocycles. The predicted molar refractivity (Wildman–Crippen MR) is 50.7 cm³/mol. The van der Waals surface area contributed by atoms with Gasteiger partial charge in [0.05, 0.1) is 4.47 Å². The molecule has 7 heteroatoms. The Labute approximate surface area is 83.2 Å². The zero-order chi connectivity index (χ0) is 9.84. The average molecular weight is 246 g/mol. The van der Waals surface area contributed by atoms with Crippen molar-refractivity contribution in [3.63, 3.8) is 0 Å². The minimum absolute atomic E-state index is 0.310. The molecule has 1 aromatic heterocycles. The Morgan fingerprint density at radius 1 is 1.62 bits per heavy atom. The van der Waals surface area contributed by atoms with Crippen molar-refractivity contribution in [2.45, 2.75) is 0 Å². The second kappa shape index (κ2) is 4.04. The van der Waals surface area contributed by atoms with Crippen LogP contribution >= 0.6 is 15.9 Å². The Hall–Kier alpha value is -1.37. The van der Waals surface area contributed by atoms with E-state index in [2.05, 4.69) is 31.3 Å². The lowest BCUT2D eigenvalue weighted by molar-refractivity contribution is 0.226. The van der Waals surface area contributed by atoms with Gasteiger partial charge in [-0.2, -0.15) is 0 Å². The second-order valence-electron chi connectivity index (χ2n) is 2.23. The molecule has 70 valence electrons. The SMILES string of the molecule is CN(Nc1ncc(Br)cn1)C(N)=O. The molecule has 0 spiro atoms. The van der Waals surface area contributed by atoms with E-state index in [9.17, 15) is 4.79 Å². The van der Waals surface area contributed by atoms with Gasteiger partial charge in [-0.1, -0.05) is 0 Å².